The van der Waals surface area contributed by atoms with Gasteiger partial charge in [0.05, 0.1) is 12.3 Å². The highest BCUT2D eigenvalue weighted by Gasteiger charge is 2.14. The molecule has 1 saturated heterocycles. The van der Waals surface area contributed by atoms with Gasteiger partial charge in [-0.05, 0) is 50.4 Å². The second-order valence-electron chi connectivity index (χ2n) is 4.75. The van der Waals surface area contributed by atoms with Gasteiger partial charge in [0.15, 0.2) is 0 Å². The molecule has 0 amide bonds. The number of anilines is 1. The summed E-state index contributed by atoms with van der Waals surface area (Å²) < 4.78 is 4.97. The standard InChI is InChI=1S/C13H22N4O/c1-18-8-7-15-13-5-4-12(16-17-13)9-11-3-2-6-14-10-11/h4-5,11,14H,2-3,6-10H2,1H3,(H,15,17). The van der Waals surface area contributed by atoms with Crippen molar-refractivity contribution >= 4 is 5.82 Å². The third kappa shape index (κ3) is 4.23. The van der Waals surface area contributed by atoms with Crippen LogP contribution in [-0.2, 0) is 11.2 Å². The predicted molar refractivity (Wildman–Crippen MR) is 71.7 cm³/mol. The molecule has 2 N–H and O–H groups in total. The molecule has 0 radical (unpaired) electrons. The van der Waals surface area contributed by atoms with Crippen LogP contribution in [-0.4, -0.2) is 43.5 Å². The topological polar surface area (TPSA) is 59.1 Å². The second-order valence-corrected chi connectivity index (χ2v) is 4.75. The van der Waals surface area contributed by atoms with E-state index in [1.54, 1.807) is 7.11 Å². The van der Waals surface area contributed by atoms with Crippen LogP contribution in [0.4, 0.5) is 5.82 Å². The van der Waals surface area contributed by atoms with E-state index in [9.17, 15) is 0 Å². The van der Waals surface area contributed by atoms with Crippen molar-refractivity contribution in [3.8, 4) is 0 Å². The molecule has 1 unspecified atom stereocenters. The van der Waals surface area contributed by atoms with Gasteiger partial charge >= 0.3 is 0 Å². The van der Waals surface area contributed by atoms with Crippen molar-refractivity contribution in [2.75, 3.05) is 38.7 Å². The average Bonchev–Trinajstić information content (AvgIpc) is 2.42. The molecule has 0 bridgehead atoms. The lowest BCUT2D eigenvalue weighted by atomic mass is 9.95. The van der Waals surface area contributed by atoms with Crippen molar-refractivity contribution in [2.45, 2.75) is 19.3 Å². The minimum atomic E-state index is 0.678. The van der Waals surface area contributed by atoms with Crippen molar-refractivity contribution in [2.24, 2.45) is 5.92 Å². The first kappa shape index (κ1) is 13.2. The van der Waals surface area contributed by atoms with Crippen LogP contribution >= 0.6 is 0 Å². The molecule has 0 aliphatic carbocycles. The van der Waals surface area contributed by atoms with Crippen LogP contribution in [0.3, 0.4) is 0 Å². The summed E-state index contributed by atoms with van der Waals surface area (Å²) in [6.45, 7) is 3.70. The van der Waals surface area contributed by atoms with Gasteiger partial charge in [-0.1, -0.05) is 0 Å². The Hall–Kier alpha value is -1.20. The third-order valence-electron chi connectivity index (χ3n) is 3.23. The summed E-state index contributed by atoms with van der Waals surface area (Å²) in [4.78, 5) is 0. The van der Waals surface area contributed by atoms with Gasteiger partial charge in [-0.25, -0.2) is 0 Å². The van der Waals surface area contributed by atoms with E-state index >= 15 is 0 Å². The van der Waals surface area contributed by atoms with Gasteiger partial charge in [0.2, 0.25) is 0 Å². The highest BCUT2D eigenvalue weighted by Crippen LogP contribution is 2.15. The van der Waals surface area contributed by atoms with Gasteiger partial charge < -0.3 is 15.4 Å². The van der Waals surface area contributed by atoms with Gasteiger partial charge in [-0.3, -0.25) is 0 Å². The third-order valence-corrected chi connectivity index (χ3v) is 3.23. The Morgan fingerprint density at radius 1 is 1.44 bits per heavy atom. The molecule has 2 rings (SSSR count). The Morgan fingerprint density at radius 3 is 3.06 bits per heavy atom. The van der Waals surface area contributed by atoms with Gasteiger partial charge in [-0.15, -0.1) is 5.10 Å². The van der Waals surface area contributed by atoms with Crippen LogP contribution in [0, 0.1) is 5.92 Å². The lowest BCUT2D eigenvalue weighted by molar-refractivity contribution is 0.210. The van der Waals surface area contributed by atoms with Crippen LogP contribution in [0.15, 0.2) is 12.1 Å². The molecule has 1 atom stereocenters. The molecule has 0 saturated carbocycles. The Kier molecular flexibility index (Phi) is 5.36. The van der Waals surface area contributed by atoms with E-state index in [4.69, 9.17) is 4.74 Å². The number of rotatable bonds is 6. The van der Waals surface area contributed by atoms with Gasteiger partial charge in [-0.2, -0.15) is 5.10 Å². The number of ether oxygens (including phenoxy) is 1. The zero-order valence-electron chi connectivity index (χ0n) is 11.0. The van der Waals surface area contributed by atoms with E-state index in [1.807, 2.05) is 6.07 Å². The first-order chi connectivity index (χ1) is 8.88. The van der Waals surface area contributed by atoms with E-state index in [1.165, 1.54) is 12.8 Å². The van der Waals surface area contributed by atoms with E-state index in [-0.39, 0.29) is 0 Å². The fraction of sp³-hybridized carbons (Fsp3) is 0.692. The Balaban J connectivity index is 1.79. The number of aromatic nitrogens is 2. The molecule has 1 aromatic rings. The van der Waals surface area contributed by atoms with E-state index in [0.717, 1.165) is 37.6 Å². The summed E-state index contributed by atoms with van der Waals surface area (Å²) in [7, 11) is 1.69. The lowest BCUT2D eigenvalue weighted by Gasteiger charge is -2.22. The minimum Gasteiger partial charge on any atom is -0.383 e. The minimum absolute atomic E-state index is 0.678. The maximum atomic E-state index is 4.97. The van der Waals surface area contributed by atoms with Gasteiger partial charge in [0.1, 0.15) is 5.82 Å². The Bertz CT molecular complexity index is 335. The first-order valence-corrected chi connectivity index (χ1v) is 6.64. The summed E-state index contributed by atoms with van der Waals surface area (Å²) >= 11 is 0. The highest BCUT2D eigenvalue weighted by atomic mass is 16.5. The zero-order valence-corrected chi connectivity index (χ0v) is 11.0. The second kappa shape index (κ2) is 7.28. The van der Waals surface area contributed by atoms with Crippen molar-refractivity contribution in [3.05, 3.63) is 17.8 Å². The predicted octanol–water partition coefficient (Wildman–Crippen LogP) is 1.08. The quantitative estimate of drug-likeness (QED) is 0.740. The average molecular weight is 250 g/mol. The van der Waals surface area contributed by atoms with Crippen LogP contribution in [0.5, 0.6) is 0 Å². The fourth-order valence-electron chi connectivity index (χ4n) is 2.24. The molecular weight excluding hydrogens is 228 g/mol. The Labute approximate surface area is 108 Å². The summed E-state index contributed by atoms with van der Waals surface area (Å²) in [5.74, 6) is 1.53. The molecule has 2 heterocycles. The maximum Gasteiger partial charge on any atom is 0.148 e. The SMILES string of the molecule is COCCNc1ccc(CC2CCCNC2)nn1. The Morgan fingerprint density at radius 2 is 2.39 bits per heavy atom. The zero-order chi connectivity index (χ0) is 12.6. The van der Waals surface area contributed by atoms with E-state index in [2.05, 4.69) is 26.9 Å². The molecule has 1 fully saturated rings. The largest absolute Gasteiger partial charge is 0.383 e. The summed E-state index contributed by atoms with van der Waals surface area (Å²) in [5, 5.41) is 15.0. The molecule has 1 aromatic heterocycles. The van der Waals surface area contributed by atoms with Crippen LogP contribution in [0.1, 0.15) is 18.5 Å². The smallest absolute Gasteiger partial charge is 0.148 e. The van der Waals surface area contributed by atoms with Crippen molar-refractivity contribution in [3.63, 3.8) is 0 Å². The summed E-state index contributed by atoms with van der Waals surface area (Å²) in [6, 6.07) is 4.06. The molecule has 5 nitrogen and oxygen atoms in total. The fourth-order valence-corrected chi connectivity index (χ4v) is 2.24. The molecule has 1 aliphatic rings. The highest BCUT2D eigenvalue weighted by molar-refractivity contribution is 5.32. The normalized spacial score (nSPS) is 19.7. The first-order valence-electron chi connectivity index (χ1n) is 6.64. The van der Waals surface area contributed by atoms with Crippen molar-refractivity contribution in [1.29, 1.82) is 0 Å². The van der Waals surface area contributed by atoms with Crippen LogP contribution in [0.25, 0.3) is 0 Å². The number of nitrogens with one attached hydrogen (secondary N) is 2. The number of hydrogen-bond donors (Lipinski definition) is 2. The number of nitrogens with zero attached hydrogens (tertiary/aromatic N) is 2. The molecule has 0 aromatic carbocycles. The number of hydrogen-bond acceptors (Lipinski definition) is 5. The van der Waals surface area contributed by atoms with Gasteiger partial charge in [0, 0.05) is 13.7 Å². The van der Waals surface area contributed by atoms with E-state index < -0.39 is 0 Å². The van der Waals surface area contributed by atoms with Crippen molar-refractivity contribution < 1.29 is 4.74 Å². The number of piperidine rings is 1. The summed E-state index contributed by atoms with van der Waals surface area (Å²) in [6.07, 6.45) is 3.59. The number of methoxy groups -OCH3 is 1. The molecule has 0 spiro atoms. The molecule has 5 heteroatoms. The lowest BCUT2D eigenvalue weighted by Crippen LogP contribution is -2.31. The van der Waals surface area contributed by atoms with Gasteiger partial charge in [0.25, 0.3) is 0 Å². The van der Waals surface area contributed by atoms with E-state index in [0.29, 0.717) is 12.5 Å². The van der Waals surface area contributed by atoms with Crippen LogP contribution < -0.4 is 10.6 Å². The van der Waals surface area contributed by atoms with Crippen molar-refractivity contribution in [1.82, 2.24) is 15.5 Å². The monoisotopic (exact) mass is 250 g/mol. The molecular formula is C13H22N4O. The molecule has 18 heavy (non-hydrogen) atoms. The molecule has 1 aliphatic heterocycles. The summed E-state index contributed by atoms with van der Waals surface area (Å²) in [5.41, 5.74) is 1.08. The maximum absolute atomic E-state index is 4.97. The molecule has 100 valence electrons. The van der Waals surface area contributed by atoms with Crippen LogP contribution in [0.2, 0.25) is 0 Å².